The lowest BCUT2D eigenvalue weighted by Crippen LogP contribution is -2.55. The summed E-state index contributed by atoms with van der Waals surface area (Å²) in [7, 11) is 0. The van der Waals surface area contributed by atoms with Crippen molar-refractivity contribution in [2.75, 3.05) is 0 Å². The molecule has 2 atom stereocenters. The van der Waals surface area contributed by atoms with Gasteiger partial charge in [0.1, 0.15) is 6.42 Å². The van der Waals surface area contributed by atoms with Crippen molar-refractivity contribution in [2.24, 2.45) is 11.8 Å². The molecule has 4 heteroatoms. The molecule has 4 nitrogen and oxygen atoms in total. The van der Waals surface area contributed by atoms with E-state index in [0.29, 0.717) is 5.92 Å². The molecule has 0 bridgehead atoms. The topological polar surface area (TPSA) is 52.6 Å². The van der Waals surface area contributed by atoms with E-state index in [-0.39, 0.29) is 12.3 Å². The summed E-state index contributed by atoms with van der Waals surface area (Å²) in [6, 6.07) is 0. The molecule has 0 amide bonds. The van der Waals surface area contributed by atoms with Crippen LogP contribution in [-0.4, -0.2) is 17.7 Å². The number of carbonyl (C=O) groups is 2. The molecule has 1 heterocycles. The standard InChI is InChI=1S/C18H24O4/c1-4-13-9-12-7-6-11(3)8-14(12)15(5-2)18(13)21-16(19)10-17(20)22-18/h8,12-13H,4-7,9-10H2,1-3H3. The lowest BCUT2D eigenvalue weighted by atomic mass is 9.67. The van der Waals surface area contributed by atoms with Crippen LogP contribution in [0.1, 0.15) is 59.3 Å². The van der Waals surface area contributed by atoms with Crippen LogP contribution in [0.2, 0.25) is 0 Å². The van der Waals surface area contributed by atoms with Crippen LogP contribution < -0.4 is 0 Å². The van der Waals surface area contributed by atoms with E-state index in [4.69, 9.17) is 9.47 Å². The Labute approximate surface area is 131 Å². The van der Waals surface area contributed by atoms with Gasteiger partial charge < -0.3 is 9.47 Å². The van der Waals surface area contributed by atoms with E-state index >= 15 is 0 Å². The smallest absolute Gasteiger partial charge is 0.320 e. The van der Waals surface area contributed by atoms with Crippen LogP contribution in [0.4, 0.5) is 0 Å². The van der Waals surface area contributed by atoms with E-state index in [1.165, 1.54) is 11.1 Å². The summed E-state index contributed by atoms with van der Waals surface area (Å²) in [6.45, 7) is 6.26. The van der Waals surface area contributed by atoms with Crippen molar-refractivity contribution in [3.8, 4) is 0 Å². The molecule has 0 aromatic rings. The second kappa shape index (κ2) is 5.56. The third-order valence-electron chi connectivity index (χ3n) is 5.27. The Bertz CT molecular complexity index is 554. The molecule has 2 unspecified atom stereocenters. The maximum absolute atomic E-state index is 11.9. The predicted octanol–water partition coefficient (Wildman–Crippen LogP) is 3.67. The van der Waals surface area contributed by atoms with Gasteiger partial charge in [-0.15, -0.1) is 0 Å². The van der Waals surface area contributed by atoms with E-state index in [1.807, 2.05) is 6.92 Å². The SMILES string of the molecule is CCC1=C2C=C(C)CCC2CC(CC)C12OC(=O)CC(=O)O2. The Hall–Kier alpha value is -1.58. The molecule has 3 rings (SSSR count). The van der Waals surface area contributed by atoms with E-state index < -0.39 is 17.7 Å². The summed E-state index contributed by atoms with van der Waals surface area (Å²) in [5, 5.41) is 0. The van der Waals surface area contributed by atoms with Gasteiger partial charge in [0.2, 0.25) is 0 Å². The molecular formula is C18H24O4. The van der Waals surface area contributed by atoms with Gasteiger partial charge in [0.25, 0.3) is 5.79 Å². The fourth-order valence-corrected chi connectivity index (χ4v) is 4.26. The lowest BCUT2D eigenvalue weighted by Gasteiger charge is -2.48. The molecule has 0 aromatic carbocycles. The molecule has 0 N–H and O–H groups in total. The summed E-state index contributed by atoms with van der Waals surface area (Å²) in [5.74, 6) is -1.53. The van der Waals surface area contributed by atoms with Crippen molar-refractivity contribution in [3.63, 3.8) is 0 Å². The van der Waals surface area contributed by atoms with Crippen LogP contribution in [0.3, 0.4) is 0 Å². The normalized spacial score (nSPS) is 30.6. The van der Waals surface area contributed by atoms with E-state index in [0.717, 1.165) is 37.7 Å². The van der Waals surface area contributed by atoms with Crippen LogP contribution >= 0.6 is 0 Å². The van der Waals surface area contributed by atoms with Crippen LogP contribution in [0.15, 0.2) is 22.8 Å². The minimum Gasteiger partial charge on any atom is -0.417 e. The first-order valence-corrected chi connectivity index (χ1v) is 8.34. The molecule has 0 aromatic heterocycles. The van der Waals surface area contributed by atoms with Gasteiger partial charge in [0.15, 0.2) is 0 Å². The Balaban J connectivity index is 2.16. The quantitative estimate of drug-likeness (QED) is 0.577. The average Bonchev–Trinajstić information content (AvgIpc) is 2.45. The van der Waals surface area contributed by atoms with E-state index in [9.17, 15) is 9.59 Å². The van der Waals surface area contributed by atoms with Crippen molar-refractivity contribution >= 4 is 11.9 Å². The number of rotatable bonds is 2. The Morgan fingerprint density at radius 3 is 2.50 bits per heavy atom. The highest BCUT2D eigenvalue weighted by molar-refractivity contribution is 5.93. The minimum absolute atomic E-state index is 0.0520. The number of fused-ring (bicyclic) bond motifs is 1. The highest BCUT2D eigenvalue weighted by Crippen LogP contribution is 2.51. The molecule has 1 fully saturated rings. The molecule has 22 heavy (non-hydrogen) atoms. The van der Waals surface area contributed by atoms with Gasteiger partial charge in [0.05, 0.1) is 0 Å². The van der Waals surface area contributed by atoms with Crippen LogP contribution in [0.25, 0.3) is 0 Å². The molecule has 3 aliphatic rings. The summed E-state index contributed by atoms with van der Waals surface area (Å²) in [5.41, 5.74) is 3.57. The maximum atomic E-state index is 11.9. The lowest BCUT2D eigenvalue weighted by molar-refractivity contribution is -0.252. The molecule has 2 aliphatic carbocycles. The van der Waals surface area contributed by atoms with Crippen LogP contribution in [0, 0.1) is 11.8 Å². The molecule has 0 radical (unpaired) electrons. The summed E-state index contributed by atoms with van der Waals surface area (Å²) >= 11 is 0. The zero-order valence-corrected chi connectivity index (χ0v) is 13.6. The first kappa shape index (κ1) is 15.3. The number of hydrogen-bond acceptors (Lipinski definition) is 4. The van der Waals surface area contributed by atoms with Crippen molar-refractivity contribution in [3.05, 3.63) is 22.8 Å². The monoisotopic (exact) mass is 304 g/mol. The van der Waals surface area contributed by atoms with E-state index in [1.54, 1.807) is 0 Å². The number of hydrogen-bond donors (Lipinski definition) is 0. The number of esters is 2. The fraction of sp³-hybridized carbons (Fsp3) is 0.667. The molecule has 1 spiro atoms. The largest absolute Gasteiger partial charge is 0.417 e. The Morgan fingerprint density at radius 1 is 1.23 bits per heavy atom. The molecule has 120 valence electrons. The number of allylic oxidation sites excluding steroid dienone is 3. The summed E-state index contributed by atoms with van der Waals surface area (Å²) in [4.78, 5) is 23.9. The number of carbonyl (C=O) groups excluding carboxylic acids is 2. The first-order valence-electron chi connectivity index (χ1n) is 8.34. The van der Waals surface area contributed by atoms with Gasteiger partial charge in [-0.25, -0.2) is 0 Å². The van der Waals surface area contributed by atoms with Crippen molar-refractivity contribution in [2.45, 2.75) is 65.1 Å². The average molecular weight is 304 g/mol. The van der Waals surface area contributed by atoms with Crippen LogP contribution in [0.5, 0.6) is 0 Å². The van der Waals surface area contributed by atoms with Gasteiger partial charge in [-0.1, -0.05) is 25.5 Å². The molecule has 0 saturated carbocycles. The van der Waals surface area contributed by atoms with E-state index in [2.05, 4.69) is 19.9 Å². The third kappa shape index (κ3) is 2.29. The summed E-state index contributed by atoms with van der Waals surface area (Å²) < 4.78 is 11.4. The second-order valence-corrected chi connectivity index (χ2v) is 6.65. The highest BCUT2D eigenvalue weighted by Gasteiger charge is 2.55. The zero-order chi connectivity index (χ0) is 15.9. The second-order valence-electron chi connectivity index (χ2n) is 6.65. The Kier molecular flexibility index (Phi) is 3.87. The van der Waals surface area contributed by atoms with Crippen molar-refractivity contribution < 1.29 is 19.1 Å². The molecule has 1 aliphatic heterocycles. The van der Waals surface area contributed by atoms with Gasteiger partial charge in [0, 0.05) is 11.5 Å². The zero-order valence-electron chi connectivity index (χ0n) is 13.6. The molecular weight excluding hydrogens is 280 g/mol. The minimum atomic E-state index is -1.16. The van der Waals surface area contributed by atoms with Gasteiger partial charge >= 0.3 is 11.9 Å². The predicted molar refractivity (Wildman–Crippen MR) is 81.7 cm³/mol. The van der Waals surface area contributed by atoms with Gasteiger partial charge in [-0.05, 0) is 50.5 Å². The van der Waals surface area contributed by atoms with Gasteiger partial charge in [-0.3, -0.25) is 9.59 Å². The highest BCUT2D eigenvalue weighted by atomic mass is 16.7. The maximum Gasteiger partial charge on any atom is 0.320 e. The van der Waals surface area contributed by atoms with Crippen molar-refractivity contribution in [1.82, 2.24) is 0 Å². The van der Waals surface area contributed by atoms with Crippen molar-refractivity contribution in [1.29, 1.82) is 0 Å². The molecule has 1 saturated heterocycles. The fourth-order valence-electron chi connectivity index (χ4n) is 4.26. The Morgan fingerprint density at radius 2 is 1.91 bits per heavy atom. The van der Waals surface area contributed by atoms with Gasteiger partial charge in [-0.2, -0.15) is 0 Å². The van der Waals surface area contributed by atoms with Crippen LogP contribution in [-0.2, 0) is 19.1 Å². The third-order valence-corrected chi connectivity index (χ3v) is 5.27. The number of ether oxygens (including phenoxy) is 2. The first-order chi connectivity index (χ1) is 10.5. The summed E-state index contributed by atoms with van der Waals surface area (Å²) in [6.07, 6.45) is 6.67.